The normalized spacial score (nSPS) is 17.7. The zero-order valence-electron chi connectivity index (χ0n) is 28.7. The quantitative estimate of drug-likeness (QED) is 0.237. The van der Waals surface area contributed by atoms with Gasteiger partial charge in [0, 0.05) is 68.1 Å². The summed E-state index contributed by atoms with van der Waals surface area (Å²) >= 11 is 0. The van der Waals surface area contributed by atoms with Gasteiger partial charge in [0.1, 0.15) is 17.3 Å². The summed E-state index contributed by atoms with van der Waals surface area (Å²) in [4.78, 5) is 40.9. The highest BCUT2D eigenvalue weighted by molar-refractivity contribution is 6.39. The average molecular weight is 677 g/mol. The van der Waals surface area contributed by atoms with Gasteiger partial charge in [-0.1, -0.05) is 18.2 Å². The van der Waals surface area contributed by atoms with Gasteiger partial charge >= 0.3 is 0 Å². The summed E-state index contributed by atoms with van der Waals surface area (Å²) in [5, 5.41) is 14.8. The van der Waals surface area contributed by atoms with Gasteiger partial charge < -0.3 is 25.3 Å². The zero-order chi connectivity index (χ0) is 35.0. The van der Waals surface area contributed by atoms with E-state index in [-0.39, 0.29) is 23.8 Å². The van der Waals surface area contributed by atoms with Crippen LogP contribution in [0.25, 0.3) is 16.8 Å². The lowest BCUT2D eigenvalue weighted by Crippen LogP contribution is -2.60. The molecule has 13 nitrogen and oxygen atoms in total. The highest BCUT2D eigenvalue weighted by atomic mass is 16.2. The maximum Gasteiger partial charge on any atom is 0.272 e. The van der Waals surface area contributed by atoms with Crippen molar-refractivity contribution in [3.8, 4) is 11.1 Å². The minimum atomic E-state index is -1.33. The Hall–Kier alpha value is -5.17. The number of nitrogens with one attached hydrogen (secondary N) is 2. The molecule has 0 unspecified atom stereocenters. The first kappa shape index (κ1) is 31.8. The largest absolute Gasteiger partial charge is 0.366 e. The number of nitrogens with zero attached hydrogens (tertiary/aromatic N) is 9. The third-order valence-corrected chi connectivity index (χ3v) is 10.5. The fraction of sp³-hybridized carbons (Fsp3) is 0.389. The second-order valence-electron chi connectivity index (χ2n) is 14.3. The van der Waals surface area contributed by atoms with Gasteiger partial charge in [-0.05, 0) is 56.1 Å². The van der Waals surface area contributed by atoms with E-state index >= 15 is 0 Å². The van der Waals surface area contributed by atoms with Crippen LogP contribution in [0.3, 0.4) is 0 Å². The van der Waals surface area contributed by atoms with Gasteiger partial charge in [0.25, 0.3) is 5.91 Å². The molecular formula is C36H37B2N11O2. The molecule has 2 N–H and O–H groups in total. The minimum absolute atomic E-state index is 0.00359. The summed E-state index contributed by atoms with van der Waals surface area (Å²) in [7, 11) is 15.5. The Balaban J connectivity index is 0.955. The maximum atomic E-state index is 13.0. The lowest BCUT2D eigenvalue weighted by Gasteiger charge is -2.50. The van der Waals surface area contributed by atoms with E-state index in [1.54, 1.807) is 22.7 Å². The molecule has 2 amide bonds. The van der Waals surface area contributed by atoms with Crippen molar-refractivity contribution in [3.63, 3.8) is 0 Å². The Morgan fingerprint density at radius 3 is 2.55 bits per heavy atom. The Kier molecular flexibility index (Phi) is 7.46. The number of pyridine rings is 1. The number of aryl methyl sites for hydroxylation is 1. The Bertz CT molecular complexity index is 2200. The molecule has 1 aliphatic carbocycles. The molecule has 3 aliphatic heterocycles. The van der Waals surface area contributed by atoms with Crippen LogP contribution in [0.2, 0.25) is 0 Å². The molecule has 0 bridgehead atoms. The van der Waals surface area contributed by atoms with Crippen molar-refractivity contribution >= 4 is 56.2 Å². The number of likely N-dealkylation sites (tertiary alicyclic amines) is 2. The van der Waals surface area contributed by atoms with E-state index in [1.165, 1.54) is 0 Å². The number of aromatic nitrogens is 6. The summed E-state index contributed by atoms with van der Waals surface area (Å²) in [6.45, 7) is 5.25. The predicted molar refractivity (Wildman–Crippen MR) is 195 cm³/mol. The first-order valence-electron chi connectivity index (χ1n) is 17.6. The van der Waals surface area contributed by atoms with Gasteiger partial charge in [0.05, 0.1) is 57.2 Å². The molecule has 0 spiro atoms. The molecule has 4 aliphatic rings. The Labute approximate surface area is 298 Å². The monoisotopic (exact) mass is 677 g/mol. The van der Waals surface area contributed by atoms with Crippen LogP contribution in [-0.4, -0.2) is 99.9 Å². The van der Waals surface area contributed by atoms with E-state index in [0.717, 1.165) is 72.7 Å². The molecule has 5 aromatic rings. The fourth-order valence-electron chi connectivity index (χ4n) is 7.55. The summed E-state index contributed by atoms with van der Waals surface area (Å²) in [6.07, 6.45) is 5.80. The summed E-state index contributed by atoms with van der Waals surface area (Å²) < 4.78 is 3.86. The van der Waals surface area contributed by atoms with Crippen molar-refractivity contribution in [1.82, 2.24) is 39.2 Å². The number of benzene rings is 1. The summed E-state index contributed by atoms with van der Waals surface area (Å²) in [5.41, 5.74) is 7.50. The third-order valence-electron chi connectivity index (χ3n) is 10.5. The van der Waals surface area contributed by atoms with Gasteiger partial charge in [-0.15, -0.1) is 0 Å². The van der Waals surface area contributed by atoms with Crippen molar-refractivity contribution in [2.45, 2.75) is 50.5 Å². The van der Waals surface area contributed by atoms with Crippen molar-refractivity contribution in [3.05, 3.63) is 77.5 Å². The molecule has 4 aromatic heterocycles. The van der Waals surface area contributed by atoms with E-state index in [4.69, 9.17) is 20.8 Å². The Morgan fingerprint density at radius 1 is 0.980 bits per heavy atom. The highest BCUT2D eigenvalue weighted by Crippen LogP contribution is 2.45. The molecule has 4 radical (unpaired) electrons. The van der Waals surface area contributed by atoms with E-state index < -0.39 is 5.34 Å². The number of para-hydroxylation sites is 1. The van der Waals surface area contributed by atoms with Crippen molar-refractivity contribution in [1.29, 1.82) is 0 Å². The summed E-state index contributed by atoms with van der Waals surface area (Å²) in [5.74, 6) is 1.19. The first-order valence-corrected chi connectivity index (χ1v) is 17.6. The average Bonchev–Trinajstić information content (AvgIpc) is 3.44. The van der Waals surface area contributed by atoms with E-state index in [9.17, 15) is 9.59 Å². The molecule has 51 heavy (non-hydrogen) atoms. The van der Waals surface area contributed by atoms with Crippen molar-refractivity contribution in [2.24, 2.45) is 5.92 Å². The van der Waals surface area contributed by atoms with Crippen molar-refractivity contribution in [2.75, 3.05) is 48.8 Å². The number of carbonyl (C=O) groups excluding carboxylic acids is 2. The fourth-order valence-corrected chi connectivity index (χ4v) is 7.55. The zero-order valence-corrected chi connectivity index (χ0v) is 28.7. The number of carbonyl (C=O) groups is 2. The molecule has 7 heterocycles. The molecular weight excluding hydrogens is 640 g/mol. The van der Waals surface area contributed by atoms with Crippen LogP contribution < -0.4 is 15.5 Å². The van der Waals surface area contributed by atoms with Crippen LogP contribution in [-0.2, 0) is 16.7 Å². The topological polar surface area (TPSA) is 129 Å². The first-order chi connectivity index (χ1) is 24.6. The van der Waals surface area contributed by atoms with Gasteiger partial charge in [0.15, 0.2) is 5.65 Å². The number of hydrogen-bond acceptors (Lipinski definition) is 9. The third kappa shape index (κ3) is 5.54. The van der Waals surface area contributed by atoms with E-state index in [1.807, 2.05) is 47.2 Å². The SMILES string of the molecule is [B]C([B])(c1cccc(C(=O)N2CCCC2)n1)N1CC(n2ncc3c2CN(C)c2c(Nc4cc(NC(=O)C5CC5)nc5cc(C)nn45)cccc2-3)C1. The van der Waals surface area contributed by atoms with Gasteiger partial charge in [0.2, 0.25) is 5.91 Å². The van der Waals surface area contributed by atoms with Gasteiger partial charge in [-0.3, -0.25) is 14.3 Å². The number of hydrogen-bond donors (Lipinski definition) is 2. The van der Waals surface area contributed by atoms with Crippen LogP contribution in [0, 0.1) is 12.8 Å². The number of amides is 2. The second-order valence-corrected chi connectivity index (χ2v) is 14.3. The molecule has 254 valence electrons. The molecule has 1 aromatic carbocycles. The summed E-state index contributed by atoms with van der Waals surface area (Å²) in [6, 6.07) is 15.3. The number of anilines is 4. The van der Waals surface area contributed by atoms with Gasteiger partial charge in [-0.2, -0.15) is 14.7 Å². The lowest BCUT2D eigenvalue weighted by atomic mass is 9.57. The van der Waals surface area contributed by atoms with Crippen LogP contribution in [0.4, 0.5) is 23.0 Å². The van der Waals surface area contributed by atoms with Crippen LogP contribution in [0.1, 0.15) is 59.3 Å². The molecule has 9 rings (SSSR count). The second kappa shape index (κ2) is 12.0. The smallest absolute Gasteiger partial charge is 0.272 e. The van der Waals surface area contributed by atoms with Crippen LogP contribution in [0.5, 0.6) is 0 Å². The molecule has 1 saturated carbocycles. The Morgan fingerprint density at radius 2 is 1.76 bits per heavy atom. The number of fused-ring (bicyclic) bond motifs is 4. The standard InChI is InChI=1S/C36H37B2N11O2/c1-21-15-31-42-30(43-34(50)22-11-12-22)16-32(49(31)44-21)41-26-8-5-7-24-25-17-39-48(28(25)20-45(2)33(24)26)23-18-47(19-23)36(37,38)29-10-6-9-27(40-29)35(51)46-13-3-4-14-46/h5-10,15-17,22-23,41H,3-4,11-14,18-20H2,1-2H3,(H,42,43,50). The predicted octanol–water partition coefficient (Wildman–Crippen LogP) is 3.58. The van der Waals surface area contributed by atoms with Crippen LogP contribution in [0.15, 0.2) is 54.7 Å². The minimum Gasteiger partial charge on any atom is -0.366 e. The molecule has 15 heteroatoms. The van der Waals surface area contributed by atoms with Crippen molar-refractivity contribution < 1.29 is 9.59 Å². The van der Waals surface area contributed by atoms with E-state index in [2.05, 4.69) is 48.4 Å². The lowest BCUT2D eigenvalue weighted by molar-refractivity contribution is -0.117. The highest BCUT2D eigenvalue weighted by Gasteiger charge is 2.41. The van der Waals surface area contributed by atoms with E-state index in [0.29, 0.717) is 48.3 Å². The number of rotatable bonds is 8. The molecule has 3 fully saturated rings. The molecule has 0 atom stereocenters. The maximum absolute atomic E-state index is 13.0. The van der Waals surface area contributed by atoms with Crippen LogP contribution >= 0.6 is 0 Å². The van der Waals surface area contributed by atoms with Gasteiger partial charge in [-0.25, -0.2) is 9.97 Å². The molecule has 2 saturated heterocycles.